The van der Waals surface area contributed by atoms with Gasteiger partial charge in [0.15, 0.2) is 0 Å². The van der Waals surface area contributed by atoms with Gasteiger partial charge in [-0.1, -0.05) is 20.8 Å². The van der Waals surface area contributed by atoms with Crippen molar-refractivity contribution in [3.63, 3.8) is 0 Å². The van der Waals surface area contributed by atoms with Gasteiger partial charge in [-0.15, -0.1) is 0 Å². The second kappa shape index (κ2) is 4.68. The van der Waals surface area contributed by atoms with E-state index in [1.54, 1.807) is 0 Å². The lowest BCUT2D eigenvalue weighted by atomic mass is 9.92. The Morgan fingerprint density at radius 1 is 1.19 bits per heavy atom. The van der Waals surface area contributed by atoms with Gasteiger partial charge in [-0.3, -0.25) is 0 Å². The van der Waals surface area contributed by atoms with Gasteiger partial charge in [0.1, 0.15) is 5.82 Å². The highest BCUT2D eigenvalue weighted by molar-refractivity contribution is 5.42. The first-order valence-corrected chi connectivity index (χ1v) is 5.78. The Bertz CT molecular complexity index is 351. The molecular weight excluding hydrogens is 200 g/mol. The summed E-state index contributed by atoms with van der Waals surface area (Å²) in [5.41, 5.74) is 6.81. The Balaban J connectivity index is 3.17. The lowest BCUT2D eigenvalue weighted by Gasteiger charge is -2.23. The van der Waals surface area contributed by atoms with Crippen LogP contribution in [0.4, 0.5) is 11.8 Å². The van der Waals surface area contributed by atoms with Gasteiger partial charge < -0.3 is 10.6 Å². The van der Waals surface area contributed by atoms with Crippen molar-refractivity contribution in [3.8, 4) is 0 Å². The van der Waals surface area contributed by atoms with Crippen molar-refractivity contribution in [1.29, 1.82) is 0 Å². The fourth-order valence-corrected chi connectivity index (χ4v) is 1.48. The molecule has 0 aliphatic carbocycles. The van der Waals surface area contributed by atoms with Gasteiger partial charge in [-0.2, -0.15) is 4.98 Å². The summed E-state index contributed by atoms with van der Waals surface area (Å²) in [5.74, 6) is 1.27. The monoisotopic (exact) mass is 222 g/mol. The molecule has 0 amide bonds. The normalized spacial score (nSPS) is 11.6. The number of aromatic nitrogens is 2. The highest BCUT2D eigenvalue weighted by Gasteiger charge is 2.18. The van der Waals surface area contributed by atoms with E-state index in [1.807, 2.05) is 6.07 Å². The third-order valence-corrected chi connectivity index (χ3v) is 2.55. The van der Waals surface area contributed by atoms with E-state index in [0.29, 0.717) is 5.82 Å². The molecule has 0 bridgehead atoms. The minimum Gasteiger partial charge on any atom is -0.384 e. The second-order valence-electron chi connectivity index (χ2n) is 4.90. The van der Waals surface area contributed by atoms with E-state index in [-0.39, 0.29) is 5.41 Å². The predicted molar refractivity (Wildman–Crippen MR) is 68.7 cm³/mol. The maximum atomic E-state index is 5.83. The number of nitrogens with zero attached hydrogens (tertiary/aromatic N) is 3. The number of anilines is 2. The molecule has 4 nitrogen and oxygen atoms in total. The van der Waals surface area contributed by atoms with Crippen LogP contribution < -0.4 is 10.6 Å². The Morgan fingerprint density at radius 2 is 1.75 bits per heavy atom. The van der Waals surface area contributed by atoms with Gasteiger partial charge in [0, 0.05) is 24.6 Å². The van der Waals surface area contributed by atoms with Crippen LogP contribution in [0.25, 0.3) is 0 Å². The van der Waals surface area contributed by atoms with Gasteiger partial charge in [0.25, 0.3) is 0 Å². The van der Waals surface area contributed by atoms with E-state index in [2.05, 4.69) is 49.5 Å². The summed E-state index contributed by atoms with van der Waals surface area (Å²) in [6, 6.07) is 1.85. The van der Waals surface area contributed by atoms with E-state index in [9.17, 15) is 0 Å². The zero-order chi connectivity index (χ0) is 12.3. The van der Waals surface area contributed by atoms with Crippen LogP contribution in [0.3, 0.4) is 0 Å². The number of rotatable bonds is 3. The first-order chi connectivity index (χ1) is 7.38. The molecule has 1 heterocycles. The largest absolute Gasteiger partial charge is 0.384 e. The van der Waals surface area contributed by atoms with E-state index in [0.717, 1.165) is 24.7 Å². The topological polar surface area (TPSA) is 55.0 Å². The van der Waals surface area contributed by atoms with Crippen LogP contribution in [0.2, 0.25) is 0 Å². The van der Waals surface area contributed by atoms with E-state index < -0.39 is 0 Å². The minimum atomic E-state index is -0.00103. The molecule has 0 aliphatic rings. The minimum absolute atomic E-state index is 0.00103. The van der Waals surface area contributed by atoms with Crippen molar-refractivity contribution in [1.82, 2.24) is 9.97 Å². The Kier molecular flexibility index (Phi) is 3.73. The molecule has 0 spiro atoms. The first-order valence-electron chi connectivity index (χ1n) is 5.78. The summed E-state index contributed by atoms with van der Waals surface area (Å²) in [4.78, 5) is 11.0. The van der Waals surface area contributed by atoms with Crippen molar-refractivity contribution < 1.29 is 0 Å². The van der Waals surface area contributed by atoms with Crippen LogP contribution in [0, 0.1) is 0 Å². The molecule has 0 saturated carbocycles. The van der Waals surface area contributed by atoms with Crippen LogP contribution >= 0.6 is 0 Å². The zero-order valence-electron chi connectivity index (χ0n) is 10.9. The SMILES string of the molecule is CCN(CC)c1nc(N)cc(C(C)(C)C)n1. The summed E-state index contributed by atoms with van der Waals surface area (Å²) in [6.07, 6.45) is 0. The van der Waals surface area contributed by atoms with Crippen LogP contribution in [0.15, 0.2) is 6.07 Å². The third kappa shape index (κ3) is 2.84. The fraction of sp³-hybridized carbons (Fsp3) is 0.667. The fourth-order valence-electron chi connectivity index (χ4n) is 1.48. The van der Waals surface area contributed by atoms with Crippen molar-refractivity contribution in [2.75, 3.05) is 23.7 Å². The van der Waals surface area contributed by atoms with Crippen LogP contribution in [0.5, 0.6) is 0 Å². The molecule has 0 radical (unpaired) electrons. The Labute approximate surface area is 97.9 Å². The number of hydrogen-bond donors (Lipinski definition) is 1. The average Bonchev–Trinajstić information content (AvgIpc) is 2.17. The molecule has 90 valence electrons. The Hall–Kier alpha value is -1.32. The zero-order valence-corrected chi connectivity index (χ0v) is 10.9. The van der Waals surface area contributed by atoms with E-state index in [1.165, 1.54) is 0 Å². The highest BCUT2D eigenvalue weighted by atomic mass is 15.3. The Morgan fingerprint density at radius 3 is 2.19 bits per heavy atom. The molecule has 1 aromatic rings. The summed E-state index contributed by atoms with van der Waals surface area (Å²) >= 11 is 0. The molecule has 0 atom stereocenters. The van der Waals surface area contributed by atoms with Crippen molar-refractivity contribution in [2.24, 2.45) is 0 Å². The molecule has 0 aromatic carbocycles. The molecule has 0 unspecified atom stereocenters. The summed E-state index contributed by atoms with van der Waals surface area (Å²) in [5, 5.41) is 0. The number of nitrogens with two attached hydrogens (primary N) is 1. The van der Waals surface area contributed by atoms with E-state index >= 15 is 0 Å². The summed E-state index contributed by atoms with van der Waals surface area (Å²) in [6.45, 7) is 12.3. The standard InChI is InChI=1S/C12H22N4/c1-6-16(7-2)11-14-9(12(3,4)5)8-10(13)15-11/h8H,6-7H2,1-5H3,(H2,13,14,15). The lowest BCUT2D eigenvalue weighted by molar-refractivity contribution is 0.566. The predicted octanol–water partition coefficient (Wildman–Crippen LogP) is 2.20. The lowest BCUT2D eigenvalue weighted by Crippen LogP contribution is -2.26. The van der Waals surface area contributed by atoms with Crippen LogP contribution in [-0.2, 0) is 5.41 Å². The molecule has 2 N–H and O–H groups in total. The van der Waals surface area contributed by atoms with Crippen LogP contribution in [0.1, 0.15) is 40.3 Å². The van der Waals surface area contributed by atoms with Gasteiger partial charge in [0.05, 0.1) is 5.69 Å². The molecule has 4 heteroatoms. The third-order valence-electron chi connectivity index (χ3n) is 2.55. The van der Waals surface area contributed by atoms with Crippen molar-refractivity contribution >= 4 is 11.8 Å². The van der Waals surface area contributed by atoms with Crippen molar-refractivity contribution in [2.45, 2.75) is 40.0 Å². The summed E-state index contributed by atoms with van der Waals surface area (Å²) < 4.78 is 0. The molecule has 0 fully saturated rings. The maximum absolute atomic E-state index is 5.83. The quantitative estimate of drug-likeness (QED) is 0.852. The average molecular weight is 222 g/mol. The van der Waals surface area contributed by atoms with Gasteiger partial charge in [0.2, 0.25) is 5.95 Å². The van der Waals surface area contributed by atoms with Gasteiger partial charge in [-0.05, 0) is 13.8 Å². The summed E-state index contributed by atoms with van der Waals surface area (Å²) in [7, 11) is 0. The number of nitrogen functional groups attached to an aromatic ring is 1. The van der Waals surface area contributed by atoms with Gasteiger partial charge >= 0.3 is 0 Å². The second-order valence-corrected chi connectivity index (χ2v) is 4.90. The van der Waals surface area contributed by atoms with Crippen LogP contribution in [-0.4, -0.2) is 23.1 Å². The van der Waals surface area contributed by atoms with Gasteiger partial charge in [-0.25, -0.2) is 4.98 Å². The molecule has 0 saturated heterocycles. The molecular formula is C12H22N4. The maximum Gasteiger partial charge on any atom is 0.227 e. The highest BCUT2D eigenvalue weighted by Crippen LogP contribution is 2.23. The molecule has 0 aliphatic heterocycles. The number of hydrogen-bond acceptors (Lipinski definition) is 4. The van der Waals surface area contributed by atoms with E-state index in [4.69, 9.17) is 5.73 Å². The molecule has 1 rings (SSSR count). The van der Waals surface area contributed by atoms with Crippen molar-refractivity contribution in [3.05, 3.63) is 11.8 Å². The molecule has 16 heavy (non-hydrogen) atoms. The smallest absolute Gasteiger partial charge is 0.227 e. The molecule has 1 aromatic heterocycles. The first kappa shape index (κ1) is 12.7.